The van der Waals surface area contributed by atoms with Gasteiger partial charge in [0.2, 0.25) is 0 Å². The minimum Gasteiger partial charge on any atom is -0.497 e. The van der Waals surface area contributed by atoms with Gasteiger partial charge in [0.15, 0.2) is 6.04 Å². The van der Waals surface area contributed by atoms with Gasteiger partial charge in [-0.3, -0.25) is 0 Å². The summed E-state index contributed by atoms with van der Waals surface area (Å²) in [5, 5.41) is 10.9. The molecule has 0 aromatic heterocycles. The third-order valence-corrected chi connectivity index (χ3v) is 3.29. The Hall–Kier alpha value is -1.96. The zero-order valence-electron chi connectivity index (χ0n) is 12.5. The van der Waals surface area contributed by atoms with E-state index >= 15 is 0 Å². The summed E-state index contributed by atoms with van der Waals surface area (Å²) in [4.78, 5) is 12.9. The third kappa shape index (κ3) is 4.52. The summed E-state index contributed by atoms with van der Waals surface area (Å²) in [6.07, 6.45) is -4.65. The highest BCUT2D eigenvalue weighted by Gasteiger charge is 2.42. The van der Waals surface area contributed by atoms with Crippen LogP contribution >= 0.6 is 0 Å². The molecule has 0 saturated carbocycles. The molecule has 124 valence electrons. The van der Waals surface area contributed by atoms with Gasteiger partial charge in [0, 0.05) is 7.05 Å². The lowest BCUT2D eigenvalue weighted by Gasteiger charge is -2.28. The largest absolute Gasteiger partial charge is 0.497 e. The standard InChI is InChI=1S/C14H19F3N2O3/c1-9(8-20)19(2)13(21)18-12(14(15,16)17)10-4-6-11(22-3)7-5-10/h4-7,9,12,20H,8H2,1-3H3,(H,18,21)/t9-,12+/m0/s1. The molecule has 22 heavy (non-hydrogen) atoms. The first-order chi connectivity index (χ1) is 10.2. The summed E-state index contributed by atoms with van der Waals surface area (Å²) in [6, 6.07) is 1.61. The van der Waals surface area contributed by atoms with Crippen molar-refractivity contribution in [3.8, 4) is 5.75 Å². The minimum atomic E-state index is -4.65. The van der Waals surface area contributed by atoms with Crippen molar-refractivity contribution in [1.82, 2.24) is 10.2 Å². The number of hydrogen-bond acceptors (Lipinski definition) is 3. The van der Waals surface area contributed by atoms with E-state index in [2.05, 4.69) is 0 Å². The van der Waals surface area contributed by atoms with E-state index in [0.717, 1.165) is 4.90 Å². The lowest BCUT2D eigenvalue weighted by atomic mass is 10.1. The quantitative estimate of drug-likeness (QED) is 0.875. The Morgan fingerprint density at radius 2 is 1.91 bits per heavy atom. The number of aliphatic hydroxyl groups excluding tert-OH is 1. The first kappa shape index (κ1) is 18.1. The maximum atomic E-state index is 13.2. The highest BCUT2D eigenvalue weighted by Crippen LogP contribution is 2.33. The van der Waals surface area contributed by atoms with Crippen LogP contribution in [0.1, 0.15) is 18.5 Å². The number of urea groups is 1. The molecule has 0 fully saturated rings. The predicted octanol–water partition coefficient (Wildman–Crippen LogP) is 2.32. The van der Waals surface area contributed by atoms with E-state index in [1.807, 2.05) is 5.32 Å². The molecule has 0 aliphatic rings. The predicted molar refractivity (Wildman–Crippen MR) is 74.6 cm³/mol. The van der Waals surface area contributed by atoms with E-state index in [9.17, 15) is 18.0 Å². The van der Waals surface area contributed by atoms with Crippen LogP contribution in [0.3, 0.4) is 0 Å². The molecule has 0 heterocycles. The molecule has 2 amide bonds. The van der Waals surface area contributed by atoms with Crippen LogP contribution < -0.4 is 10.1 Å². The molecule has 0 saturated heterocycles. The highest BCUT2D eigenvalue weighted by atomic mass is 19.4. The number of ether oxygens (including phenoxy) is 1. The van der Waals surface area contributed by atoms with Gasteiger partial charge in [-0.15, -0.1) is 0 Å². The molecule has 0 bridgehead atoms. The summed E-state index contributed by atoms with van der Waals surface area (Å²) in [5.41, 5.74) is -0.105. The van der Waals surface area contributed by atoms with Crippen LogP contribution in [0, 0.1) is 0 Å². The second-order valence-electron chi connectivity index (χ2n) is 4.84. The van der Waals surface area contributed by atoms with Crippen molar-refractivity contribution < 1.29 is 27.8 Å². The van der Waals surface area contributed by atoms with Gasteiger partial charge in [-0.05, 0) is 24.6 Å². The molecule has 0 aliphatic carbocycles. The first-order valence-corrected chi connectivity index (χ1v) is 6.55. The number of benzene rings is 1. The minimum absolute atomic E-state index is 0.105. The number of nitrogens with zero attached hydrogens (tertiary/aromatic N) is 1. The number of likely N-dealkylation sites (N-methyl/N-ethyl adjacent to an activating group) is 1. The molecule has 5 nitrogen and oxygen atoms in total. The zero-order valence-corrected chi connectivity index (χ0v) is 12.5. The highest BCUT2D eigenvalue weighted by molar-refractivity contribution is 5.75. The molecular formula is C14H19F3N2O3. The number of methoxy groups -OCH3 is 1. The van der Waals surface area contributed by atoms with Gasteiger partial charge in [-0.1, -0.05) is 12.1 Å². The number of carbonyl (C=O) groups is 1. The van der Waals surface area contributed by atoms with E-state index < -0.39 is 24.3 Å². The molecular weight excluding hydrogens is 301 g/mol. The molecule has 0 unspecified atom stereocenters. The molecule has 1 aromatic rings. The van der Waals surface area contributed by atoms with E-state index in [1.54, 1.807) is 0 Å². The number of alkyl halides is 3. The summed E-state index contributed by atoms with van der Waals surface area (Å²) >= 11 is 0. The molecule has 0 spiro atoms. The fourth-order valence-corrected chi connectivity index (χ4v) is 1.70. The Morgan fingerprint density at radius 1 is 1.36 bits per heavy atom. The van der Waals surface area contributed by atoms with Crippen molar-refractivity contribution in [2.45, 2.75) is 25.2 Å². The monoisotopic (exact) mass is 320 g/mol. The number of aliphatic hydroxyl groups is 1. The van der Waals surface area contributed by atoms with Crippen LogP contribution in [0.25, 0.3) is 0 Å². The molecule has 0 aliphatic heterocycles. The lowest BCUT2D eigenvalue weighted by Crippen LogP contribution is -2.48. The molecule has 2 atom stereocenters. The van der Waals surface area contributed by atoms with Crippen LogP contribution in [0.4, 0.5) is 18.0 Å². The van der Waals surface area contributed by atoms with Crippen LogP contribution in [0.5, 0.6) is 5.75 Å². The lowest BCUT2D eigenvalue weighted by molar-refractivity contribution is -0.155. The molecule has 8 heteroatoms. The fraction of sp³-hybridized carbons (Fsp3) is 0.500. The maximum Gasteiger partial charge on any atom is 0.412 e. The topological polar surface area (TPSA) is 61.8 Å². The first-order valence-electron chi connectivity index (χ1n) is 6.55. The molecule has 1 aromatic carbocycles. The van der Waals surface area contributed by atoms with Gasteiger partial charge < -0.3 is 20.1 Å². The normalized spacial score (nSPS) is 14.1. The van der Waals surface area contributed by atoms with Crippen LogP contribution in [-0.2, 0) is 0 Å². The molecule has 1 rings (SSSR count). The summed E-state index contributed by atoms with van der Waals surface area (Å²) < 4.78 is 44.4. The Kier molecular flexibility index (Phi) is 6.04. The molecule has 0 radical (unpaired) electrons. The maximum absolute atomic E-state index is 13.2. The Bertz CT molecular complexity index is 491. The van der Waals surface area contributed by atoms with E-state index in [-0.39, 0.29) is 12.2 Å². The molecule has 2 N–H and O–H groups in total. The van der Waals surface area contributed by atoms with Crippen molar-refractivity contribution in [3.63, 3.8) is 0 Å². The van der Waals surface area contributed by atoms with Crippen molar-refractivity contribution in [2.75, 3.05) is 20.8 Å². The average molecular weight is 320 g/mol. The van der Waals surface area contributed by atoms with E-state index in [1.165, 1.54) is 45.3 Å². The second kappa shape index (κ2) is 7.35. The smallest absolute Gasteiger partial charge is 0.412 e. The van der Waals surface area contributed by atoms with E-state index in [4.69, 9.17) is 9.84 Å². The van der Waals surface area contributed by atoms with Crippen molar-refractivity contribution >= 4 is 6.03 Å². The number of amides is 2. The zero-order chi connectivity index (χ0) is 16.9. The number of carbonyl (C=O) groups excluding carboxylic acids is 1. The summed E-state index contributed by atoms with van der Waals surface area (Å²) in [7, 11) is 2.72. The van der Waals surface area contributed by atoms with Gasteiger partial charge in [-0.2, -0.15) is 13.2 Å². The van der Waals surface area contributed by atoms with Crippen LogP contribution in [-0.4, -0.2) is 49.0 Å². The van der Waals surface area contributed by atoms with Crippen molar-refractivity contribution in [2.24, 2.45) is 0 Å². The van der Waals surface area contributed by atoms with Crippen molar-refractivity contribution in [1.29, 1.82) is 0 Å². The summed E-state index contributed by atoms with van der Waals surface area (Å²) in [5.74, 6) is 0.419. The Balaban J connectivity index is 2.96. The van der Waals surface area contributed by atoms with Crippen LogP contribution in [0.2, 0.25) is 0 Å². The van der Waals surface area contributed by atoms with E-state index in [0.29, 0.717) is 5.75 Å². The average Bonchev–Trinajstić information content (AvgIpc) is 2.49. The van der Waals surface area contributed by atoms with Crippen molar-refractivity contribution in [3.05, 3.63) is 29.8 Å². The Labute approximate surface area is 126 Å². The van der Waals surface area contributed by atoms with Crippen LogP contribution in [0.15, 0.2) is 24.3 Å². The van der Waals surface area contributed by atoms with Gasteiger partial charge in [0.1, 0.15) is 5.75 Å². The SMILES string of the molecule is COc1ccc([C@@H](NC(=O)N(C)[C@@H](C)CO)C(F)(F)F)cc1. The number of halogens is 3. The van der Waals surface area contributed by atoms with Gasteiger partial charge in [-0.25, -0.2) is 4.79 Å². The Morgan fingerprint density at radius 3 is 2.32 bits per heavy atom. The second-order valence-corrected chi connectivity index (χ2v) is 4.84. The third-order valence-electron chi connectivity index (χ3n) is 3.29. The fourth-order valence-electron chi connectivity index (χ4n) is 1.70. The number of hydrogen-bond donors (Lipinski definition) is 2. The van der Waals surface area contributed by atoms with Gasteiger partial charge in [0.05, 0.1) is 19.8 Å². The van der Waals surface area contributed by atoms with Gasteiger partial charge in [0.25, 0.3) is 0 Å². The van der Waals surface area contributed by atoms with Gasteiger partial charge >= 0.3 is 12.2 Å². The summed E-state index contributed by atoms with van der Waals surface area (Å²) in [6.45, 7) is 1.18. The number of nitrogens with one attached hydrogen (secondary N) is 1. The number of rotatable bonds is 5.